The van der Waals surface area contributed by atoms with Crippen LogP contribution in [0.1, 0.15) is 17.2 Å². The van der Waals surface area contributed by atoms with Crippen LogP contribution in [0, 0.1) is 5.82 Å². The predicted octanol–water partition coefficient (Wildman–Crippen LogP) is 3.99. The Morgan fingerprint density at radius 1 is 1.20 bits per heavy atom. The van der Waals surface area contributed by atoms with Crippen LogP contribution in [0.4, 0.5) is 4.39 Å². The molecule has 0 aliphatic rings. The van der Waals surface area contributed by atoms with Crippen LogP contribution in [0.25, 0.3) is 0 Å². The molecule has 2 aromatic rings. The van der Waals surface area contributed by atoms with Crippen molar-refractivity contribution in [2.75, 3.05) is 14.2 Å². The molecule has 0 spiro atoms. The van der Waals surface area contributed by atoms with E-state index in [1.54, 1.807) is 13.2 Å². The van der Waals surface area contributed by atoms with Crippen molar-refractivity contribution in [3.8, 4) is 5.75 Å². The van der Waals surface area contributed by atoms with E-state index in [0.717, 1.165) is 16.9 Å². The van der Waals surface area contributed by atoms with Crippen molar-refractivity contribution in [2.24, 2.45) is 0 Å². The van der Waals surface area contributed by atoms with E-state index >= 15 is 0 Å². The third-order valence-electron chi connectivity index (χ3n) is 3.32. The zero-order chi connectivity index (χ0) is 14.5. The van der Waals surface area contributed by atoms with Gasteiger partial charge in [-0.2, -0.15) is 0 Å². The van der Waals surface area contributed by atoms with Gasteiger partial charge in [-0.1, -0.05) is 41.9 Å². The molecule has 0 radical (unpaired) electrons. The van der Waals surface area contributed by atoms with Crippen LogP contribution in [0.2, 0.25) is 5.02 Å². The lowest BCUT2D eigenvalue weighted by molar-refractivity contribution is 0.406. The zero-order valence-corrected chi connectivity index (χ0v) is 12.2. The Bertz CT molecular complexity index is 588. The van der Waals surface area contributed by atoms with E-state index in [0.29, 0.717) is 6.42 Å². The molecule has 0 saturated carbocycles. The molecule has 0 aliphatic heterocycles. The Labute approximate surface area is 123 Å². The van der Waals surface area contributed by atoms with Crippen LogP contribution < -0.4 is 10.1 Å². The molecule has 2 aromatic carbocycles. The van der Waals surface area contributed by atoms with Gasteiger partial charge in [0.15, 0.2) is 0 Å². The highest BCUT2D eigenvalue weighted by molar-refractivity contribution is 6.31. The van der Waals surface area contributed by atoms with E-state index < -0.39 is 5.82 Å². The molecule has 2 rings (SSSR count). The first-order valence-corrected chi connectivity index (χ1v) is 6.78. The third kappa shape index (κ3) is 3.11. The second-order valence-electron chi connectivity index (χ2n) is 4.50. The first kappa shape index (κ1) is 14.8. The molecule has 0 saturated heterocycles. The van der Waals surface area contributed by atoms with E-state index in [4.69, 9.17) is 16.3 Å². The fraction of sp³-hybridized carbons (Fsp3) is 0.250. The summed E-state index contributed by atoms with van der Waals surface area (Å²) in [6, 6.07) is 12.6. The maximum atomic E-state index is 13.6. The normalized spacial score (nSPS) is 12.2. The van der Waals surface area contributed by atoms with Crippen molar-refractivity contribution >= 4 is 11.6 Å². The number of hydrogen-bond donors (Lipinski definition) is 1. The van der Waals surface area contributed by atoms with Crippen molar-refractivity contribution in [1.82, 2.24) is 5.32 Å². The van der Waals surface area contributed by atoms with Gasteiger partial charge in [-0.05, 0) is 36.7 Å². The Kier molecular flexibility index (Phi) is 4.99. The van der Waals surface area contributed by atoms with Crippen LogP contribution in [0.5, 0.6) is 5.75 Å². The summed E-state index contributed by atoms with van der Waals surface area (Å²) in [6.07, 6.45) is 0.670. The molecule has 4 heteroatoms. The van der Waals surface area contributed by atoms with Crippen molar-refractivity contribution in [3.05, 3.63) is 64.4 Å². The standard InChI is InChI=1S/C16H17ClFNO/c1-19-14(12-7-5-8-13(18)16(12)17)10-11-6-3-4-9-15(11)20-2/h3-9,14,19H,10H2,1-2H3. The van der Waals surface area contributed by atoms with Crippen LogP contribution in [-0.2, 0) is 6.42 Å². The topological polar surface area (TPSA) is 21.3 Å². The molecule has 0 aliphatic carbocycles. The number of ether oxygens (including phenoxy) is 1. The van der Waals surface area contributed by atoms with Gasteiger partial charge in [0.05, 0.1) is 12.1 Å². The molecular formula is C16H17ClFNO. The third-order valence-corrected chi connectivity index (χ3v) is 3.72. The average Bonchev–Trinajstić information content (AvgIpc) is 2.48. The molecule has 106 valence electrons. The van der Waals surface area contributed by atoms with Gasteiger partial charge < -0.3 is 10.1 Å². The highest BCUT2D eigenvalue weighted by Crippen LogP contribution is 2.30. The van der Waals surface area contributed by atoms with E-state index in [2.05, 4.69) is 5.32 Å². The summed E-state index contributed by atoms with van der Waals surface area (Å²) in [7, 11) is 3.48. The van der Waals surface area contributed by atoms with Crippen LogP contribution in [-0.4, -0.2) is 14.2 Å². The maximum Gasteiger partial charge on any atom is 0.142 e. The van der Waals surface area contributed by atoms with Gasteiger partial charge in [0.2, 0.25) is 0 Å². The molecule has 0 bridgehead atoms. The quantitative estimate of drug-likeness (QED) is 0.900. The lowest BCUT2D eigenvalue weighted by Gasteiger charge is -2.19. The van der Waals surface area contributed by atoms with Gasteiger partial charge in [-0.25, -0.2) is 4.39 Å². The van der Waals surface area contributed by atoms with Gasteiger partial charge in [-0.15, -0.1) is 0 Å². The molecule has 1 unspecified atom stereocenters. The summed E-state index contributed by atoms with van der Waals surface area (Å²) in [5, 5.41) is 3.35. The van der Waals surface area contributed by atoms with Crippen LogP contribution in [0.15, 0.2) is 42.5 Å². The van der Waals surface area contributed by atoms with Gasteiger partial charge in [0.1, 0.15) is 11.6 Å². The van der Waals surface area contributed by atoms with Gasteiger partial charge >= 0.3 is 0 Å². The largest absolute Gasteiger partial charge is 0.496 e. The first-order chi connectivity index (χ1) is 9.67. The smallest absolute Gasteiger partial charge is 0.142 e. The number of methoxy groups -OCH3 is 1. The van der Waals surface area contributed by atoms with Gasteiger partial charge in [-0.3, -0.25) is 0 Å². The Morgan fingerprint density at radius 3 is 2.65 bits per heavy atom. The minimum absolute atomic E-state index is 0.0745. The Morgan fingerprint density at radius 2 is 1.95 bits per heavy atom. The highest BCUT2D eigenvalue weighted by atomic mass is 35.5. The number of hydrogen-bond acceptors (Lipinski definition) is 2. The molecule has 1 N–H and O–H groups in total. The molecule has 1 atom stereocenters. The Balaban J connectivity index is 2.31. The summed E-state index contributed by atoms with van der Waals surface area (Å²) >= 11 is 6.06. The minimum atomic E-state index is -0.399. The molecule has 0 heterocycles. The Hall–Kier alpha value is -1.58. The fourth-order valence-corrected chi connectivity index (χ4v) is 2.51. The van der Waals surface area contributed by atoms with Crippen molar-refractivity contribution in [3.63, 3.8) is 0 Å². The SMILES string of the molecule is CNC(Cc1ccccc1OC)c1cccc(F)c1Cl. The van der Waals surface area contributed by atoms with E-state index in [1.165, 1.54) is 6.07 Å². The van der Waals surface area contributed by atoms with Crippen LogP contribution >= 0.6 is 11.6 Å². The van der Waals surface area contributed by atoms with Gasteiger partial charge in [0, 0.05) is 6.04 Å². The first-order valence-electron chi connectivity index (χ1n) is 6.40. The monoisotopic (exact) mass is 293 g/mol. The number of halogens is 2. The minimum Gasteiger partial charge on any atom is -0.496 e. The van der Waals surface area contributed by atoms with Crippen LogP contribution in [0.3, 0.4) is 0 Å². The molecule has 0 fully saturated rings. The van der Waals surface area contributed by atoms with E-state index in [1.807, 2.05) is 37.4 Å². The molecular weight excluding hydrogens is 277 g/mol. The number of likely N-dealkylation sites (N-methyl/N-ethyl adjacent to an activating group) is 1. The van der Waals surface area contributed by atoms with Crippen molar-refractivity contribution in [1.29, 1.82) is 0 Å². The summed E-state index contributed by atoms with van der Waals surface area (Å²) in [5.74, 6) is 0.421. The second-order valence-corrected chi connectivity index (χ2v) is 4.88. The summed E-state index contributed by atoms with van der Waals surface area (Å²) in [5.41, 5.74) is 1.80. The van der Waals surface area contributed by atoms with Gasteiger partial charge in [0.25, 0.3) is 0 Å². The summed E-state index contributed by atoms with van der Waals surface area (Å²) in [4.78, 5) is 0. The predicted molar refractivity (Wildman–Crippen MR) is 79.9 cm³/mol. The van der Waals surface area contributed by atoms with E-state index in [-0.39, 0.29) is 11.1 Å². The number of rotatable bonds is 5. The summed E-state index contributed by atoms with van der Waals surface area (Å²) in [6.45, 7) is 0. The fourth-order valence-electron chi connectivity index (χ4n) is 2.25. The summed E-state index contributed by atoms with van der Waals surface area (Å²) < 4.78 is 18.9. The lowest BCUT2D eigenvalue weighted by atomic mass is 9.98. The molecule has 20 heavy (non-hydrogen) atoms. The van der Waals surface area contributed by atoms with E-state index in [9.17, 15) is 4.39 Å². The number of para-hydroxylation sites is 1. The maximum absolute atomic E-state index is 13.6. The molecule has 0 amide bonds. The molecule has 0 aromatic heterocycles. The lowest BCUT2D eigenvalue weighted by Crippen LogP contribution is -2.19. The average molecular weight is 294 g/mol. The second kappa shape index (κ2) is 6.73. The zero-order valence-electron chi connectivity index (χ0n) is 11.5. The molecule has 2 nitrogen and oxygen atoms in total. The number of benzene rings is 2. The van der Waals surface area contributed by atoms with Crippen molar-refractivity contribution < 1.29 is 9.13 Å². The van der Waals surface area contributed by atoms with Crippen molar-refractivity contribution in [2.45, 2.75) is 12.5 Å². The number of nitrogens with one attached hydrogen (secondary N) is 1. The highest BCUT2D eigenvalue weighted by Gasteiger charge is 2.17.